The fourth-order valence-electron chi connectivity index (χ4n) is 4.57. The van der Waals surface area contributed by atoms with Gasteiger partial charge in [-0.3, -0.25) is 4.90 Å². The van der Waals surface area contributed by atoms with E-state index in [4.69, 9.17) is 9.15 Å². The molecule has 0 N–H and O–H groups in total. The van der Waals surface area contributed by atoms with Crippen molar-refractivity contribution in [1.29, 1.82) is 0 Å². The van der Waals surface area contributed by atoms with Crippen LogP contribution < -0.4 is 4.74 Å². The number of aryl methyl sites for hydroxylation is 1. The van der Waals surface area contributed by atoms with E-state index in [1.807, 2.05) is 13.1 Å². The van der Waals surface area contributed by atoms with Crippen molar-refractivity contribution >= 4 is 0 Å². The molecule has 0 radical (unpaired) electrons. The molecule has 2 aromatic rings. The van der Waals surface area contributed by atoms with Crippen molar-refractivity contribution < 1.29 is 9.15 Å². The molecule has 0 aliphatic carbocycles. The Morgan fingerprint density at radius 1 is 1.23 bits per heavy atom. The molecule has 1 aromatic heterocycles. The summed E-state index contributed by atoms with van der Waals surface area (Å²) in [6.07, 6.45) is 2.06. The number of ether oxygens (including phenoxy) is 1. The van der Waals surface area contributed by atoms with E-state index in [0.717, 1.165) is 50.1 Å². The highest BCUT2D eigenvalue weighted by atomic mass is 16.5. The van der Waals surface area contributed by atoms with Crippen LogP contribution in [-0.2, 0) is 6.54 Å². The molecule has 1 unspecified atom stereocenters. The average molecular weight is 355 g/mol. The fourth-order valence-corrected chi connectivity index (χ4v) is 4.57. The molecule has 1 aromatic carbocycles. The van der Waals surface area contributed by atoms with Gasteiger partial charge in [0.25, 0.3) is 0 Å². The maximum absolute atomic E-state index is 5.88. The van der Waals surface area contributed by atoms with Gasteiger partial charge in [0, 0.05) is 38.1 Å². The molecule has 1 atom stereocenters. The fraction of sp³-hybridized carbons (Fsp3) is 0.571. The number of likely N-dealkylation sites (N-methyl/N-ethyl adjacent to an activating group) is 1. The lowest BCUT2D eigenvalue weighted by molar-refractivity contribution is -0.0127. The number of oxazole rings is 1. The van der Waals surface area contributed by atoms with Crippen LogP contribution in [0.5, 0.6) is 5.75 Å². The van der Waals surface area contributed by atoms with Crippen molar-refractivity contribution in [2.75, 3.05) is 33.2 Å². The van der Waals surface area contributed by atoms with Gasteiger partial charge in [0.05, 0.1) is 18.2 Å². The number of hydrogen-bond acceptors (Lipinski definition) is 5. The first-order valence-electron chi connectivity index (χ1n) is 9.52. The Bertz CT molecular complexity index is 747. The normalized spacial score (nSPS) is 22.9. The van der Waals surface area contributed by atoms with Gasteiger partial charge in [0.1, 0.15) is 11.5 Å². The first-order valence-corrected chi connectivity index (χ1v) is 9.52. The van der Waals surface area contributed by atoms with Gasteiger partial charge in [0.15, 0.2) is 5.89 Å². The van der Waals surface area contributed by atoms with E-state index in [0.29, 0.717) is 5.92 Å². The molecular formula is C21H29N3O2. The minimum Gasteiger partial charge on any atom is -0.491 e. The van der Waals surface area contributed by atoms with Crippen molar-refractivity contribution in [3.05, 3.63) is 47.7 Å². The van der Waals surface area contributed by atoms with Crippen LogP contribution in [0.3, 0.4) is 0 Å². The Hall–Kier alpha value is -1.85. The molecular weight excluding hydrogens is 326 g/mol. The summed E-state index contributed by atoms with van der Waals surface area (Å²) in [5.74, 6) is 3.17. The summed E-state index contributed by atoms with van der Waals surface area (Å²) in [6, 6.07) is 8.51. The molecule has 0 amide bonds. The summed E-state index contributed by atoms with van der Waals surface area (Å²) in [6.45, 7) is 11.4. The summed E-state index contributed by atoms with van der Waals surface area (Å²) in [5.41, 5.74) is 1.62. The number of nitrogens with zero attached hydrogens (tertiary/aromatic N) is 3. The Morgan fingerprint density at radius 2 is 1.96 bits per heavy atom. The predicted octanol–water partition coefficient (Wildman–Crippen LogP) is 3.30. The van der Waals surface area contributed by atoms with Gasteiger partial charge in [0.2, 0.25) is 0 Å². The van der Waals surface area contributed by atoms with Crippen LogP contribution in [0.15, 0.2) is 34.9 Å². The molecule has 0 saturated carbocycles. The number of likely N-dealkylation sites (tertiary alicyclic amines) is 2. The van der Waals surface area contributed by atoms with Crippen LogP contribution in [0.2, 0.25) is 0 Å². The molecule has 1 spiro atoms. The van der Waals surface area contributed by atoms with Gasteiger partial charge in [-0.05, 0) is 45.5 Å². The molecule has 5 heteroatoms. The molecule has 26 heavy (non-hydrogen) atoms. The molecule has 2 aliphatic rings. The number of hydrogen-bond donors (Lipinski definition) is 0. The Labute approximate surface area is 156 Å². The number of benzene rings is 1. The molecule has 5 nitrogen and oxygen atoms in total. The zero-order valence-corrected chi connectivity index (χ0v) is 16.2. The van der Waals surface area contributed by atoms with Crippen LogP contribution in [-0.4, -0.2) is 54.1 Å². The Morgan fingerprint density at radius 3 is 2.58 bits per heavy atom. The third-order valence-corrected chi connectivity index (χ3v) is 5.53. The third-order valence-electron chi connectivity index (χ3n) is 5.53. The van der Waals surface area contributed by atoms with E-state index < -0.39 is 0 Å². The lowest BCUT2D eigenvalue weighted by atomic mass is 9.71. The van der Waals surface area contributed by atoms with Crippen LogP contribution in [0.4, 0.5) is 0 Å². The summed E-state index contributed by atoms with van der Waals surface area (Å²) in [4.78, 5) is 9.47. The molecule has 2 aliphatic heterocycles. The highest BCUT2D eigenvalue weighted by Gasteiger charge is 2.55. The summed E-state index contributed by atoms with van der Waals surface area (Å²) >= 11 is 0. The third kappa shape index (κ3) is 3.38. The van der Waals surface area contributed by atoms with E-state index >= 15 is 0 Å². The number of rotatable bonds is 5. The van der Waals surface area contributed by atoms with E-state index in [9.17, 15) is 0 Å². The SMILES string of the molecule is Cc1cnc(C2CN(C)CC23CN(Cc2ccc(OC(C)C)cc2)C3)o1. The first-order chi connectivity index (χ1) is 12.4. The van der Waals surface area contributed by atoms with Crippen LogP contribution in [0, 0.1) is 12.3 Å². The van der Waals surface area contributed by atoms with Gasteiger partial charge in [-0.25, -0.2) is 4.98 Å². The zero-order chi connectivity index (χ0) is 18.3. The summed E-state index contributed by atoms with van der Waals surface area (Å²) in [5, 5.41) is 0. The highest BCUT2D eigenvalue weighted by molar-refractivity contribution is 5.28. The predicted molar refractivity (Wildman–Crippen MR) is 101 cm³/mol. The monoisotopic (exact) mass is 355 g/mol. The van der Waals surface area contributed by atoms with Gasteiger partial charge in [-0.1, -0.05) is 12.1 Å². The van der Waals surface area contributed by atoms with E-state index in [1.54, 1.807) is 0 Å². The Kier molecular flexibility index (Phi) is 4.53. The molecule has 3 heterocycles. The van der Waals surface area contributed by atoms with E-state index in [-0.39, 0.29) is 11.5 Å². The minimum absolute atomic E-state index is 0.214. The van der Waals surface area contributed by atoms with Gasteiger partial charge < -0.3 is 14.1 Å². The maximum atomic E-state index is 5.88. The largest absolute Gasteiger partial charge is 0.491 e. The first kappa shape index (κ1) is 17.6. The lowest BCUT2D eigenvalue weighted by Crippen LogP contribution is -2.59. The smallest absolute Gasteiger partial charge is 0.199 e. The van der Waals surface area contributed by atoms with E-state index in [2.05, 4.69) is 59.9 Å². The zero-order valence-electron chi connectivity index (χ0n) is 16.2. The van der Waals surface area contributed by atoms with Crippen LogP contribution in [0.1, 0.15) is 37.0 Å². The van der Waals surface area contributed by atoms with Gasteiger partial charge >= 0.3 is 0 Å². The standard InChI is InChI=1S/C21H29N3O2/c1-15(2)25-18-7-5-17(6-8-18)10-24-13-21(14-24)12-23(4)11-19(21)20-22-9-16(3)26-20/h5-9,15,19H,10-14H2,1-4H3. The molecule has 4 rings (SSSR count). The van der Waals surface area contributed by atoms with Crippen molar-refractivity contribution in [3.63, 3.8) is 0 Å². The van der Waals surface area contributed by atoms with E-state index in [1.165, 1.54) is 5.56 Å². The molecule has 2 saturated heterocycles. The molecule has 2 fully saturated rings. The van der Waals surface area contributed by atoms with Crippen molar-refractivity contribution in [3.8, 4) is 5.75 Å². The Balaban J connectivity index is 1.39. The maximum Gasteiger partial charge on any atom is 0.199 e. The lowest BCUT2D eigenvalue weighted by Gasteiger charge is -2.50. The van der Waals surface area contributed by atoms with Crippen LogP contribution in [0.25, 0.3) is 0 Å². The van der Waals surface area contributed by atoms with Gasteiger partial charge in [-0.15, -0.1) is 0 Å². The van der Waals surface area contributed by atoms with Crippen molar-refractivity contribution in [1.82, 2.24) is 14.8 Å². The average Bonchev–Trinajstić information content (AvgIpc) is 3.11. The quantitative estimate of drug-likeness (QED) is 0.823. The van der Waals surface area contributed by atoms with Gasteiger partial charge in [-0.2, -0.15) is 0 Å². The highest BCUT2D eigenvalue weighted by Crippen LogP contribution is 2.48. The second kappa shape index (κ2) is 6.71. The molecule has 140 valence electrons. The van der Waals surface area contributed by atoms with Crippen molar-refractivity contribution in [2.24, 2.45) is 5.41 Å². The van der Waals surface area contributed by atoms with Crippen molar-refractivity contribution in [2.45, 2.75) is 39.3 Å². The topological polar surface area (TPSA) is 41.7 Å². The second-order valence-electron chi connectivity index (χ2n) is 8.38. The second-order valence-corrected chi connectivity index (χ2v) is 8.38. The molecule has 0 bridgehead atoms. The number of aromatic nitrogens is 1. The summed E-state index contributed by atoms with van der Waals surface area (Å²) in [7, 11) is 2.20. The van der Waals surface area contributed by atoms with Crippen LogP contribution >= 0.6 is 0 Å². The minimum atomic E-state index is 0.214. The summed E-state index contributed by atoms with van der Waals surface area (Å²) < 4.78 is 11.6.